The zero-order chi connectivity index (χ0) is 14.6. The van der Waals surface area contributed by atoms with Crippen LogP contribution < -0.4 is 0 Å². The van der Waals surface area contributed by atoms with Crippen molar-refractivity contribution in [2.45, 2.75) is 46.7 Å². The summed E-state index contributed by atoms with van der Waals surface area (Å²) in [6, 6.07) is 7.41. The lowest BCUT2D eigenvalue weighted by Crippen LogP contribution is -2.45. The van der Waals surface area contributed by atoms with Crippen LogP contribution in [0.1, 0.15) is 45.0 Å². The molecule has 0 aliphatic rings. The van der Waals surface area contributed by atoms with Crippen LogP contribution in [0.15, 0.2) is 24.3 Å². The van der Waals surface area contributed by atoms with E-state index in [2.05, 4.69) is 32.6 Å². The molecule has 0 aliphatic heterocycles. The molecule has 2 nitrogen and oxygen atoms in total. The van der Waals surface area contributed by atoms with Crippen LogP contribution in [0.3, 0.4) is 0 Å². The fraction of sp³-hybridized carbons (Fsp3) is 0.562. The number of benzene rings is 1. The fourth-order valence-electron chi connectivity index (χ4n) is 2.27. The van der Waals surface area contributed by atoms with Gasteiger partial charge in [0.1, 0.15) is 0 Å². The molecule has 19 heavy (non-hydrogen) atoms. The van der Waals surface area contributed by atoms with Crippen molar-refractivity contribution in [2.75, 3.05) is 6.54 Å². The molecule has 1 atom stereocenters. The first-order chi connectivity index (χ1) is 8.82. The minimum absolute atomic E-state index is 0.124. The molecule has 1 unspecified atom stereocenters. The van der Waals surface area contributed by atoms with Gasteiger partial charge in [0.15, 0.2) is 5.78 Å². The van der Waals surface area contributed by atoms with Gasteiger partial charge in [0, 0.05) is 23.2 Å². The first-order valence-electron chi connectivity index (χ1n) is 6.88. The third-order valence-electron chi connectivity index (χ3n) is 3.23. The Labute approximate surface area is 121 Å². The van der Waals surface area contributed by atoms with Gasteiger partial charge in [-0.2, -0.15) is 0 Å². The summed E-state index contributed by atoms with van der Waals surface area (Å²) in [5.74, 6) is 0.675. The average Bonchev–Trinajstić information content (AvgIpc) is 2.33. The van der Waals surface area contributed by atoms with Crippen LogP contribution >= 0.6 is 11.6 Å². The van der Waals surface area contributed by atoms with Gasteiger partial charge in [0.05, 0.1) is 6.04 Å². The first-order valence-corrected chi connectivity index (χ1v) is 7.26. The number of hydrogen-bond acceptors (Lipinski definition) is 2. The van der Waals surface area contributed by atoms with Gasteiger partial charge in [0.25, 0.3) is 0 Å². The van der Waals surface area contributed by atoms with E-state index >= 15 is 0 Å². The Hall–Kier alpha value is -0.860. The molecule has 0 heterocycles. The number of ketones is 1. The topological polar surface area (TPSA) is 20.3 Å². The number of carbonyl (C=O) groups is 1. The molecular formula is C16H24ClNO. The number of hydrogen-bond donors (Lipinski definition) is 0. The van der Waals surface area contributed by atoms with E-state index in [4.69, 9.17) is 11.6 Å². The Morgan fingerprint density at radius 1 is 1.21 bits per heavy atom. The summed E-state index contributed by atoms with van der Waals surface area (Å²) in [7, 11) is 0. The SMILES string of the molecule is CC(C)CN(C(C)C)C(C)C(=O)c1cccc(Cl)c1. The van der Waals surface area contributed by atoms with Crippen molar-refractivity contribution in [1.82, 2.24) is 4.90 Å². The van der Waals surface area contributed by atoms with Crippen molar-refractivity contribution < 1.29 is 4.79 Å². The molecule has 1 aromatic rings. The second-order valence-electron chi connectivity index (χ2n) is 5.73. The van der Waals surface area contributed by atoms with Gasteiger partial charge >= 0.3 is 0 Å². The molecule has 0 saturated heterocycles. The van der Waals surface area contributed by atoms with Gasteiger partial charge in [-0.15, -0.1) is 0 Å². The molecule has 1 rings (SSSR count). The highest BCUT2D eigenvalue weighted by Gasteiger charge is 2.25. The summed E-state index contributed by atoms with van der Waals surface area (Å²) in [4.78, 5) is 14.8. The Morgan fingerprint density at radius 2 is 1.84 bits per heavy atom. The summed E-state index contributed by atoms with van der Waals surface area (Å²) in [6.07, 6.45) is 0. The summed E-state index contributed by atoms with van der Waals surface area (Å²) in [6.45, 7) is 11.5. The Kier molecular flexibility index (Phi) is 6.02. The number of halogens is 1. The van der Waals surface area contributed by atoms with E-state index in [1.54, 1.807) is 12.1 Å². The highest BCUT2D eigenvalue weighted by Crippen LogP contribution is 2.17. The zero-order valence-electron chi connectivity index (χ0n) is 12.5. The molecule has 0 fully saturated rings. The van der Waals surface area contributed by atoms with E-state index in [-0.39, 0.29) is 11.8 Å². The van der Waals surface area contributed by atoms with E-state index < -0.39 is 0 Å². The van der Waals surface area contributed by atoms with Crippen molar-refractivity contribution in [1.29, 1.82) is 0 Å². The van der Waals surface area contributed by atoms with Gasteiger partial charge in [-0.05, 0) is 38.8 Å². The maximum Gasteiger partial charge on any atom is 0.179 e. The molecule has 0 aliphatic carbocycles. The highest BCUT2D eigenvalue weighted by atomic mass is 35.5. The molecule has 0 bridgehead atoms. The van der Waals surface area contributed by atoms with Gasteiger partial charge in [-0.25, -0.2) is 0 Å². The van der Waals surface area contributed by atoms with Crippen LogP contribution in [0.4, 0.5) is 0 Å². The predicted molar refractivity (Wildman–Crippen MR) is 81.9 cm³/mol. The predicted octanol–water partition coefficient (Wildman–Crippen LogP) is 4.28. The molecule has 0 amide bonds. The molecule has 0 spiro atoms. The van der Waals surface area contributed by atoms with Crippen LogP contribution in [0, 0.1) is 5.92 Å². The summed E-state index contributed by atoms with van der Waals surface area (Å²) >= 11 is 5.95. The van der Waals surface area contributed by atoms with Crippen LogP contribution in [0.25, 0.3) is 0 Å². The molecule has 0 radical (unpaired) electrons. The van der Waals surface area contributed by atoms with Crippen molar-refractivity contribution in [3.63, 3.8) is 0 Å². The zero-order valence-corrected chi connectivity index (χ0v) is 13.2. The minimum Gasteiger partial charge on any atom is -0.292 e. The lowest BCUT2D eigenvalue weighted by molar-refractivity contribution is 0.0763. The smallest absolute Gasteiger partial charge is 0.179 e. The standard InChI is InChI=1S/C16H24ClNO/c1-11(2)10-18(12(3)4)13(5)16(19)14-7-6-8-15(17)9-14/h6-9,11-13H,10H2,1-5H3. The van der Waals surface area contributed by atoms with E-state index in [9.17, 15) is 4.79 Å². The maximum absolute atomic E-state index is 12.5. The van der Waals surface area contributed by atoms with E-state index in [0.717, 1.165) is 6.54 Å². The maximum atomic E-state index is 12.5. The van der Waals surface area contributed by atoms with Crippen molar-refractivity contribution in [3.8, 4) is 0 Å². The number of Topliss-reactive ketones (excluding diaryl/α,β-unsaturated/α-hetero) is 1. The Balaban J connectivity index is 2.90. The normalized spacial score (nSPS) is 13.3. The Morgan fingerprint density at radius 3 is 2.32 bits per heavy atom. The summed E-state index contributed by atoms with van der Waals surface area (Å²) in [5, 5.41) is 0.609. The lowest BCUT2D eigenvalue weighted by atomic mass is 10.0. The fourth-order valence-corrected chi connectivity index (χ4v) is 2.46. The van der Waals surface area contributed by atoms with E-state index in [0.29, 0.717) is 22.5 Å². The molecule has 106 valence electrons. The third kappa shape index (κ3) is 4.63. The van der Waals surface area contributed by atoms with Crippen LogP contribution in [0.2, 0.25) is 5.02 Å². The average molecular weight is 282 g/mol. The third-order valence-corrected chi connectivity index (χ3v) is 3.46. The van der Waals surface area contributed by atoms with Crippen LogP contribution in [0.5, 0.6) is 0 Å². The summed E-state index contributed by atoms with van der Waals surface area (Å²) < 4.78 is 0. The number of rotatable bonds is 6. The quantitative estimate of drug-likeness (QED) is 0.726. The second-order valence-corrected chi connectivity index (χ2v) is 6.17. The molecule has 3 heteroatoms. The van der Waals surface area contributed by atoms with Gasteiger partial charge in [0.2, 0.25) is 0 Å². The molecule has 0 saturated carbocycles. The monoisotopic (exact) mass is 281 g/mol. The molecule has 0 N–H and O–H groups in total. The molecular weight excluding hydrogens is 258 g/mol. The van der Waals surface area contributed by atoms with Crippen molar-refractivity contribution in [3.05, 3.63) is 34.9 Å². The van der Waals surface area contributed by atoms with Gasteiger partial charge < -0.3 is 0 Å². The van der Waals surface area contributed by atoms with Crippen LogP contribution in [-0.2, 0) is 0 Å². The van der Waals surface area contributed by atoms with Crippen molar-refractivity contribution >= 4 is 17.4 Å². The van der Waals surface area contributed by atoms with E-state index in [1.165, 1.54) is 0 Å². The lowest BCUT2D eigenvalue weighted by Gasteiger charge is -2.33. The van der Waals surface area contributed by atoms with Gasteiger partial charge in [-0.1, -0.05) is 37.6 Å². The molecule has 0 aromatic heterocycles. The van der Waals surface area contributed by atoms with Crippen LogP contribution in [-0.4, -0.2) is 29.3 Å². The minimum atomic E-state index is -0.124. The first kappa shape index (κ1) is 16.2. The number of nitrogens with zero attached hydrogens (tertiary/aromatic N) is 1. The number of carbonyl (C=O) groups excluding carboxylic acids is 1. The largest absolute Gasteiger partial charge is 0.292 e. The highest BCUT2D eigenvalue weighted by molar-refractivity contribution is 6.31. The molecule has 1 aromatic carbocycles. The van der Waals surface area contributed by atoms with Gasteiger partial charge in [-0.3, -0.25) is 9.69 Å². The van der Waals surface area contributed by atoms with E-state index in [1.807, 2.05) is 19.1 Å². The van der Waals surface area contributed by atoms with Crippen molar-refractivity contribution in [2.24, 2.45) is 5.92 Å². The summed E-state index contributed by atoms with van der Waals surface area (Å²) in [5.41, 5.74) is 0.689. The second kappa shape index (κ2) is 7.06. The Bertz CT molecular complexity index is 429.